The standard InChI is InChI=1S/C15H19N5S/c1-9-6-12(5-2-10(9)8-18-11-3-4-11)21-15-19-13(16)7-14(17)20-15/h2,5-7,11,18H,3-4,8H2,1H3,(H4,16,17,19,20). The second-order valence-corrected chi connectivity index (χ2v) is 6.39. The molecule has 0 unspecified atom stereocenters. The van der Waals surface area contributed by atoms with Gasteiger partial charge in [0.25, 0.3) is 0 Å². The number of nitrogens with two attached hydrogens (primary N) is 2. The van der Waals surface area contributed by atoms with Crippen LogP contribution in [0.3, 0.4) is 0 Å². The van der Waals surface area contributed by atoms with Crippen LogP contribution >= 0.6 is 11.8 Å². The topological polar surface area (TPSA) is 89.8 Å². The average molecular weight is 301 g/mol. The fourth-order valence-corrected chi connectivity index (χ4v) is 2.97. The van der Waals surface area contributed by atoms with Crippen LogP contribution in [0.4, 0.5) is 11.6 Å². The minimum Gasteiger partial charge on any atom is -0.383 e. The highest BCUT2D eigenvalue weighted by atomic mass is 32.2. The fourth-order valence-electron chi connectivity index (χ4n) is 2.08. The van der Waals surface area contributed by atoms with Gasteiger partial charge in [-0.15, -0.1) is 0 Å². The second-order valence-electron chi connectivity index (χ2n) is 5.35. The van der Waals surface area contributed by atoms with Crippen LogP contribution in [0, 0.1) is 6.92 Å². The number of nitrogen functional groups attached to an aromatic ring is 2. The van der Waals surface area contributed by atoms with Crippen molar-refractivity contribution in [2.24, 2.45) is 0 Å². The van der Waals surface area contributed by atoms with Gasteiger partial charge in [-0.25, -0.2) is 9.97 Å². The summed E-state index contributed by atoms with van der Waals surface area (Å²) in [6.45, 7) is 3.06. The number of nitrogens with one attached hydrogen (secondary N) is 1. The van der Waals surface area contributed by atoms with Gasteiger partial charge in [0, 0.05) is 23.5 Å². The van der Waals surface area contributed by atoms with Gasteiger partial charge in [-0.05, 0) is 54.8 Å². The molecule has 1 aliphatic rings. The molecule has 0 radical (unpaired) electrons. The van der Waals surface area contributed by atoms with Crippen molar-refractivity contribution >= 4 is 23.4 Å². The molecule has 110 valence electrons. The molecule has 21 heavy (non-hydrogen) atoms. The molecular formula is C15H19N5S. The van der Waals surface area contributed by atoms with Gasteiger partial charge < -0.3 is 16.8 Å². The highest BCUT2D eigenvalue weighted by Crippen LogP contribution is 2.28. The van der Waals surface area contributed by atoms with Gasteiger partial charge in [-0.3, -0.25) is 0 Å². The molecule has 1 fully saturated rings. The molecule has 2 aromatic rings. The molecule has 0 aliphatic heterocycles. The quantitative estimate of drug-likeness (QED) is 0.735. The summed E-state index contributed by atoms with van der Waals surface area (Å²) >= 11 is 1.47. The summed E-state index contributed by atoms with van der Waals surface area (Å²) in [7, 11) is 0. The van der Waals surface area contributed by atoms with Crippen LogP contribution in [-0.4, -0.2) is 16.0 Å². The lowest BCUT2D eigenvalue weighted by Gasteiger charge is -2.09. The Kier molecular flexibility index (Phi) is 3.98. The molecule has 0 saturated heterocycles. The van der Waals surface area contributed by atoms with Gasteiger partial charge in [0.2, 0.25) is 0 Å². The number of benzene rings is 1. The molecule has 1 heterocycles. The molecule has 5 N–H and O–H groups in total. The third kappa shape index (κ3) is 3.86. The first-order valence-electron chi connectivity index (χ1n) is 7.01. The third-order valence-electron chi connectivity index (χ3n) is 3.43. The lowest BCUT2D eigenvalue weighted by molar-refractivity contribution is 0.685. The lowest BCUT2D eigenvalue weighted by atomic mass is 10.1. The van der Waals surface area contributed by atoms with Crippen molar-refractivity contribution in [3.05, 3.63) is 35.4 Å². The molecule has 0 spiro atoms. The number of hydrogen-bond donors (Lipinski definition) is 3. The number of rotatable bonds is 5. The van der Waals surface area contributed by atoms with Crippen LogP contribution in [0.25, 0.3) is 0 Å². The lowest BCUT2D eigenvalue weighted by Crippen LogP contribution is -2.15. The Morgan fingerprint density at radius 3 is 2.52 bits per heavy atom. The van der Waals surface area contributed by atoms with Crippen LogP contribution in [-0.2, 0) is 6.54 Å². The molecule has 3 rings (SSSR count). The van der Waals surface area contributed by atoms with Crippen LogP contribution in [0.15, 0.2) is 34.3 Å². The zero-order chi connectivity index (χ0) is 14.8. The molecule has 1 aromatic heterocycles. The smallest absolute Gasteiger partial charge is 0.196 e. The number of aryl methyl sites for hydroxylation is 1. The van der Waals surface area contributed by atoms with E-state index in [4.69, 9.17) is 11.5 Å². The molecule has 0 amide bonds. The Balaban J connectivity index is 1.71. The summed E-state index contributed by atoms with van der Waals surface area (Å²) in [4.78, 5) is 9.46. The average Bonchev–Trinajstić information content (AvgIpc) is 3.20. The van der Waals surface area contributed by atoms with Gasteiger partial charge >= 0.3 is 0 Å². The zero-order valence-electron chi connectivity index (χ0n) is 12.0. The van der Waals surface area contributed by atoms with E-state index in [-0.39, 0.29) is 0 Å². The summed E-state index contributed by atoms with van der Waals surface area (Å²) in [6, 6.07) is 8.67. The first-order chi connectivity index (χ1) is 10.1. The van der Waals surface area contributed by atoms with Gasteiger partial charge in [-0.1, -0.05) is 6.07 Å². The van der Waals surface area contributed by atoms with Crippen molar-refractivity contribution in [3.63, 3.8) is 0 Å². The van der Waals surface area contributed by atoms with E-state index in [0.29, 0.717) is 16.8 Å². The van der Waals surface area contributed by atoms with E-state index in [0.717, 1.165) is 17.5 Å². The van der Waals surface area contributed by atoms with Gasteiger partial charge in [0.15, 0.2) is 5.16 Å². The molecule has 1 saturated carbocycles. The summed E-state index contributed by atoms with van der Waals surface area (Å²) < 4.78 is 0. The Labute approximate surface area is 128 Å². The predicted octanol–water partition coefficient (Wildman–Crippen LogP) is 2.35. The first-order valence-corrected chi connectivity index (χ1v) is 7.82. The van der Waals surface area contributed by atoms with E-state index in [2.05, 4.69) is 40.4 Å². The van der Waals surface area contributed by atoms with Crippen molar-refractivity contribution in [1.29, 1.82) is 0 Å². The van der Waals surface area contributed by atoms with E-state index in [1.807, 2.05) is 0 Å². The minimum atomic E-state index is 0.395. The maximum Gasteiger partial charge on any atom is 0.196 e. The van der Waals surface area contributed by atoms with Crippen LogP contribution in [0.2, 0.25) is 0 Å². The molecular weight excluding hydrogens is 282 g/mol. The molecule has 1 aliphatic carbocycles. The maximum absolute atomic E-state index is 5.69. The van der Waals surface area contributed by atoms with Crippen molar-refractivity contribution in [2.45, 2.75) is 42.4 Å². The van der Waals surface area contributed by atoms with Crippen molar-refractivity contribution in [2.75, 3.05) is 11.5 Å². The van der Waals surface area contributed by atoms with E-state index in [9.17, 15) is 0 Å². The molecule has 1 aromatic carbocycles. The number of anilines is 2. The van der Waals surface area contributed by atoms with Gasteiger partial charge in [0.1, 0.15) is 11.6 Å². The summed E-state index contributed by atoms with van der Waals surface area (Å²) in [5.74, 6) is 0.791. The van der Waals surface area contributed by atoms with E-state index in [1.54, 1.807) is 6.07 Å². The predicted molar refractivity (Wildman–Crippen MR) is 86.0 cm³/mol. The Hall–Kier alpha value is -1.79. The SMILES string of the molecule is Cc1cc(Sc2nc(N)cc(N)n2)ccc1CNC1CC1. The van der Waals surface area contributed by atoms with Crippen molar-refractivity contribution in [3.8, 4) is 0 Å². The van der Waals surface area contributed by atoms with Crippen molar-refractivity contribution < 1.29 is 0 Å². The summed E-state index contributed by atoms with van der Waals surface area (Å²) in [6.07, 6.45) is 2.61. The highest BCUT2D eigenvalue weighted by molar-refractivity contribution is 7.99. The highest BCUT2D eigenvalue weighted by Gasteiger charge is 2.20. The fraction of sp³-hybridized carbons (Fsp3) is 0.333. The normalized spacial score (nSPS) is 14.3. The Bertz CT molecular complexity index is 634. The summed E-state index contributed by atoms with van der Waals surface area (Å²) in [5.41, 5.74) is 14.0. The van der Waals surface area contributed by atoms with E-state index >= 15 is 0 Å². The van der Waals surface area contributed by atoms with Crippen LogP contribution in [0.5, 0.6) is 0 Å². The number of hydrogen-bond acceptors (Lipinski definition) is 6. The Morgan fingerprint density at radius 1 is 1.19 bits per heavy atom. The van der Waals surface area contributed by atoms with Crippen LogP contribution in [0.1, 0.15) is 24.0 Å². The molecule has 0 atom stereocenters. The summed E-state index contributed by atoms with van der Waals surface area (Å²) in [5, 5.41) is 4.11. The second kappa shape index (κ2) is 5.91. The maximum atomic E-state index is 5.69. The van der Waals surface area contributed by atoms with Crippen LogP contribution < -0.4 is 16.8 Å². The largest absolute Gasteiger partial charge is 0.383 e. The molecule has 5 nitrogen and oxygen atoms in total. The number of nitrogens with zero attached hydrogens (tertiary/aromatic N) is 2. The number of aromatic nitrogens is 2. The van der Waals surface area contributed by atoms with E-state index in [1.165, 1.54) is 35.7 Å². The molecule has 6 heteroatoms. The van der Waals surface area contributed by atoms with E-state index < -0.39 is 0 Å². The Morgan fingerprint density at radius 2 is 1.90 bits per heavy atom. The monoisotopic (exact) mass is 301 g/mol. The van der Waals surface area contributed by atoms with Gasteiger partial charge in [0.05, 0.1) is 0 Å². The zero-order valence-corrected chi connectivity index (χ0v) is 12.8. The molecule has 0 bridgehead atoms. The van der Waals surface area contributed by atoms with Crippen molar-refractivity contribution in [1.82, 2.24) is 15.3 Å². The minimum absolute atomic E-state index is 0.395. The first kappa shape index (κ1) is 14.2. The third-order valence-corrected chi connectivity index (χ3v) is 4.28. The van der Waals surface area contributed by atoms with Gasteiger partial charge in [-0.2, -0.15) is 0 Å².